The van der Waals surface area contributed by atoms with Crippen molar-refractivity contribution in [1.82, 2.24) is 0 Å². The van der Waals surface area contributed by atoms with Gasteiger partial charge in [0, 0.05) is 11.3 Å². The molecule has 0 saturated carbocycles. The molecule has 0 radical (unpaired) electrons. The lowest BCUT2D eigenvalue weighted by Crippen LogP contribution is -2.12. The van der Waals surface area contributed by atoms with Crippen LogP contribution in [0.25, 0.3) is 0 Å². The minimum atomic E-state index is -0.430. The molecule has 0 aliphatic heterocycles. The van der Waals surface area contributed by atoms with Gasteiger partial charge in [0.05, 0.1) is 18.7 Å². The molecule has 0 aliphatic carbocycles. The topological polar surface area (TPSA) is 47.6 Å². The summed E-state index contributed by atoms with van der Waals surface area (Å²) in [5.41, 5.74) is 0.642. The summed E-state index contributed by atoms with van der Waals surface area (Å²) in [6.45, 7) is 2.24. The lowest BCUT2D eigenvalue weighted by molar-refractivity contribution is 0.102. The van der Waals surface area contributed by atoms with Crippen LogP contribution in [-0.4, -0.2) is 19.6 Å². The summed E-state index contributed by atoms with van der Waals surface area (Å²) < 4.78 is 23.7. The number of nitrogens with one attached hydrogen (secondary N) is 1. The van der Waals surface area contributed by atoms with E-state index in [0.29, 0.717) is 23.8 Å². The van der Waals surface area contributed by atoms with Crippen LogP contribution in [0, 0.1) is 5.82 Å². The van der Waals surface area contributed by atoms with Crippen LogP contribution < -0.4 is 14.8 Å². The molecule has 4 nitrogen and oxygen atoms in total. The molecule has 0 atom stereocenters. The van der Waals surface area contributed by atoms with E-state index >= 15 is 0 Å². The van der Waals surface area contributed by atoms with E-state index in [1.165, 1.54) is 37.4 Å². The largest absolute Gasteiger partial charge is 0.493 e. The number of benzene rings is 2. The van der Waals surface area contributed by atoms with Crippen molar-refractivity contribution in [3.8, 4) is 11.5 Å². The summed E-state index contributed by atoms with van der Waals surface area (Å²) in [6, 6.07) is 8.62. The Morgan fingerprint density at radius 1 is 1.32 bits per heavy atom. The van der Waals surface area contributed by atoms with Gasteiger partial charge >= 0.3 is 0 Å². The van der Waals surface area contributed by atoms with Crippen LogP contribution in [0.1, 0.15) is 17.3 Å². The van der Waals surface area contributed by atoms with E-state index in [1.807, 2.05) is 6.92 Å². The molecule has 0 aliphatic rings. The molecule has 2 rings (SSSR count). The number of hydrogen-bond donors (Lipinski definition) is 1. The second-order valence-electron chi connectivity index (χ2n) is 4.39. The number of amides is 1. The molecule has 0 saturated heterocycles. The van der Waals surface area contributed by atoms with Crippen molar-refractivity contribution in [3.05, 3.63) is 52.8 Å². The second-order valence-corrected chi connectivity index (χ2v) is 4.79. The van der Waals surface area contributed by atoms with E-state index in [4.69, 9.17) is 21.1 Å². The normalized spacial score (nSPS) is 10.2. The Morgan fingerprint density at radius 2 is 2.09 bits per heavy atom. The number of halogens is 2. The summed E-state index contributed by atoms with van der Waals surface area (Å²) in [7, 11) is 1.46. The fraction of sp³-hybridized carbons (Fsp3) is 0.188. The first-order chi connectivity index (χ1) is 10.5. The van der Waals surface area contributed by atoms with Gasteiger partial charge in [-0.25, -0.2) is 4.39 Å². The van der Waals surface area contributed by atoms with Crippen molar-refractivity contribution in [3.63, 3.8) is 0 Å². The Morgan fingerprint density at radius 3 is 2.73 bits per heavy atom. The minimum Gasteiger partial charge on any atom is -0.493 e. The molecule has 6 heteroatoms. The Hall–Kier alpha value is -2.27. The highest BCUT2D eigenvalue weighted by molar-refractivity contribution is 6.32. The summed E-state index contributed by atoms with van der Waals surface area (Å²) in [4.78, 5) is 12.2. The third-order valence-corrected chi connectivity index (χ3v) is 3.14. The van der Waals surface area contributed by atoms with Gasteiger partial charge in [-0.1, -0.05) is 17.7 Å². The lowest BCUT2D eigenvalue weighted by atomic mass is 10.1. The van der Waals surface area contributed by atoms with Crippen LogP contribution in [-0.2, 0) is 0 Å². The molecular formula is C16H15ClFNO3. The molecule has 2 aromatic carbocycles. The Balaban J connectivity index is 2.28. The van der Waals surface area contributed by atoms with E-state index < -0.39 is 11.7 Å². The number of carbonyl (C=O) groups is 1. The van der Waals surface area contributed by atoms with Gasteiger partial charge in [0.2, 0.25) is 0 Å². The average Bonchev–Trinajstić information content (AvgIpc) is 2.49. The monoisotopic (exact) mass is 323 g/mol. The van der Waals surface area contributed by atoms with Gasteiger partial charge in [-0.05, 0) is 37.3 Å². The van der Waals surface area contributed by atoms with Gasteiger partial charge < -0.3 is 14.8 Å². The summed E-state index contributed by atoms with van der Waals surface area (Å²) in [6.07, 6.45) is 0. The van der Waals surface area contributed by atoms with Crippen molar-refractivity contribution in [2.45, 2.75) is 6.92 Å². The highest BCUT2D eigenvalue weighted by atomic mass is 35.5. The molecule has 0 aromatic heterocycles. The average molecular weight is 324 g/mol. The smallest absolute Gasteiger partial charge is 0.255 e. The lowest BCUT2D eigenvalue weighted by Gasteiger charge is -2.13. The molecule has 0 bridgehead atoms. The Labute approximate surface area is 132 Å². The molecule has 1 N–H and O–H groups in total. The predicted octanol–water partition coefficient (Wildman–Crippen LogP) is 4.14. The van der Waals surface area contributed by atoms with Crippen molar-refractivity contribution in [1.29, 1.82) is 0 Å². The zero-order valence-electron chi connectivity index (χ0n) is 12.2. The fourth-order valence-electron chi connectivity index (χ4n) is 1.90. The van der Waals surface area contributed by atoms with Gasteiger partial charge in [-0.15, -0.1) is 0 Å². The van der Waals surface area contributed by atoms with E-state index in [-0.39, 0.29) is 10.6 Å². The number of rotatable bonds is 5. The maximum atomic E-state index is 13.1. The molecular weight excluding hydrogens is 309 g/mol. The van der Waals surface area contributed by atoms with Crippen LogP contribution in [0.3, 0.4) is 0 Å². The van der Waals surface area contributed by atoms with Crippen LogP contribution in [0.5, 0.6) is 11.5 Å². The van der Waals surface area contributed by atoms with Gasteiger partial charge in [0.15, 0.2) is 11.5 Å². The molecule has 0 fully saturated rings. The molecule has 0 unspecified atom stereocenters. The van der Waals surface area contributed by atoms with E-state index in [0.717, 1.165) is 0 Å². The van der Waals surface area contributed by atoms with Crippen molar-refractivity contribution in [2.75, 3.05) is 19.0 Å². The van der Waals surface area contributed by atoms with Crippen molar-refractivity contribution >= 4 is 23.2 Å². The first kappa shape index (κ1) is 16.1. The molecule has 2 aromatic rings. The Bertz CT molecular complexity index is 691. The maximum absolute atomic E-state index is 13.1. The van der Waals surface area contributed by atoms with Crippen molar-refractivity contribution in [2.24, 2.45) is 0 Å². The third kappa shape index (κ3) is 3.68. The second kappa shape index (κ2) is 7.13. The zero-order chi connectivity index (χ0) is 16.1. The SMILES string of the molecule is CCOc1c(Cl)cc(C(=O)Nc2cccc(F)c2)cc1OC. The number of methoxy groups -OCH3 is 1. The van der Waals surface area contributed by atoms with E-state index in [9.17, 15) is 9.18 Å². The number of carbonyl (C=O) groups excluding carboxylic acids is 1. The van der Waals surface area contributed by atoms with E-state index in [1.54, 1.807) is 6.07 Å². The standard InChI is InChI=1S/C16H15ClFNO3/c1-3-22-15-13(17)7-10(8-14(15)21-2)16(20)19-12-6-4-5-11(18)9-12/h4-9H,3H2,1-2H3,(H,19,20). The summed E-state index contributed by atoms with van der Waals surface area (Å²) in [5, 5.41) is 2.86. The zero-order valence-corrected chi connectivity index (χ0v) is 12.9. The summed E-state index contributed by atoms with van der Waals surface area (Å²) >= 11 is 6.12. The quantitative estimate of drug-likeness (QED) is 0.899. The van der Waals surface area contributed by atoms with Gasteiger partial charge in [-0.3, -0.25) is 4.79 Å². The van der Waals surface area contributed by atoms with Crippen molar-refractivity contribution < 1.29 is 18.7 Å². The van der Waals surface area contributed by atoms with E-state index in [2.05, 4.69) is 5.32 Å². The fourth-order valence-corrected chi connectivity index (χ4v) is 2.17. The predicted molar refractivity (Wildman–Crippen MR) is 83.5 cm³/mol. The number of anilines is 1. The first-order valence-corrected chi connectivity index (χ1v) is 7.00. The van der Waals surface area contributed by atoms with Gasteiger partial charge in [-0.2, -0.15) is 0 Å². The van der Waals surface area contributed by atoms with Crippen LogP contribution in [0.2, 0.25) is 5.02 Å². The molecule has 116 valence electrons. The third-order valence-electron chi connectivity index (χ3n) is 2.86. The summed E-state index contributed by atoms with van der Waals surface area (Å²) in [5.74, 6) is -0.110. The highest BCUT2D eigenvalue weighted by Crippen LogP contribution is 2.36. The van der Waals surface area contributed by atoms with Gasteiger partial charge in [0.1, 0.15) is 5.82 Å². The minimum absolute atomic E-state index is 0.269. The highest BCUT2D eigenvalue weighted by Gasteiger charge is 2.16. The van der Waals surface area contributed by atoms with Crippen LogP contribution in [0.4, 0.5) is 10.1 Å². The number of hydrogen-bond acceptors (Lipinski definition) is 3. The first-order valence-electron chi connectivity index (χ1n) is 6.62. The molecule has 0 spiro atoms. The molecule has 1 amide bonds. The maximum Gasteiger partial charge on any atom is 0.255 e. The molecule has 0 heterocycles. The Kier molecular flexibility index (Phi) is 5.22. The van der Waals surface area contributed by atoms with Gasteiger partial charge in [0.25, 0.3) is 5.91 Å². The van der Waals surface area contributed by atoms with Crippen LogP contribution >= 0.6 is 11.6 Å². The van der Waals surface area contributed by atoms with Crippen LogP contribution in [0.15, 0.2) is 36.4 Å². The number of ether oxygens (including phenoxy) is 2. The molecule has 22 heavy (non-hydrogen) atoms.